The minimum Gasteiger partial charge on any atom is -0.348 e. The van der Waals surface area contributed by atoms with Gasteiger partial charge < -0.3 is 10.6 Å². The molecule has 6 nitrogen and oxygen atoms in total. The van der Waals surface area contributed by atoms with Crippen molar-refractivity contribution in [2.24, 2.45) is 7.05 Å². The molecule has 0 saturated heterocycles. The summed E-state index contributed by atoms with van der Waals surface area (Å²) >= 11 is 4.65. The lowest BCUT2D eigenvalue weighted by molar-refractivity contribution is -0.121. The fourth-order valence-corrected chi connectivity index (χ4v) is 4.09. The van der Waals surface area contributed by atoms with E-state index in [9.17, 15) is 9.59 Å². The van der Waals surface area contributed by atoms with Crippen molar-refractivity contribution in [3.8, 4) is 0 Å². The molecule has 122 valence electrons. The van der Waals surface area contributed by atoms with Crippen LogP contribution in [0.3, 0.4) is 0 Å². The number of carbonyl (C=O) groups excluding carboxylic acids is 2. The van der Waals surface area contributed by atoms with Gasteiger partial charge in [-0.05, 0) is 47.3 Å². The molecule has 0 radical (unpaired) electrons. The third kappa shape index (κ3) is 3.64. The monoisotopic (exact) mass is 396 g/mol. The van der Waals surface area contributed by atoms with Gasteiger partial charge in [0, 0.05) is 18.3 Å². The number of halogens is 1. The summed E-state index contributed by atoms with van der Waals surface area (Å²) in [5, 5.41) is 9.90. The van der Waals surface area contributed by atoms with Crippen LogP contribution in [0.25, 0.3) is 0 Å². The van der Waals surface area contributed by atoms with Crippen molar-refractivity contribution >= 4 is 39.1 Å². The average Bonchev–Trinajstić information content (AvgIpc) is 3.12. The van der Waals surface area contributed by atoms with Crippen molar-refractivity contribution < 1.29 is 9.59 Å². The van der Waals surface area contributed by atoms with E-state index in [-0.39, 0.29) is 24.4 Å². The first kappa shape index (κ1) is 16.2. The maximum absolute atomic E-state index is 12.1. The Balaban J connectivity index is 1.55. The van der Waals surface area contributed by atoms with Crippen LogP contribution in [-0.4, -0.2) is 28.1 Å². The zero-order chi connectivity index (χ0) is 16.4. The number of nitrogens with one attached hydrogen (secondary N) is 2. The van der Waals surface area contributed by atoms with E-state index >= 15 is 0 Å². The molecule has 0 spiro atoms. The van der Waals surface area contributed by atoms with Gasteiger partial charge in [0.15, 0.2) is 0 Å². The second-order valence-electron chi connectivity index (χ2n) is 5.47. The summed E-state index contributed by atoms with van der Waals surface area (Å²) < 4.78 is 2.75. The molecule has 0 saturated carbocycles. The quantitative estimate of drug-likeness (QED) is 0.831. The highest BCUT2D eigenvalue weighted by molar-refractivity contribution is 9.11. The molecule has 1 aliphatic carbocycles. The van der Waals surface area contributed by atoms with Crippen LogP contribution in [0.4, 0.5) is 0 Å². The highest BCUT2D eigenvalue weighted by Crippen LogP contribution is 2.29. The Morgan fingerprint density at radius 3 is 3.04 bits per heavy atom. The van der Waals surface area contributed by atoms with E-state index in [2.05, 4.69) is 31.7 Å². The summed E-state index contributed by atoms with van der Waals surface area (Å²) in [6.45, 7) is -0.0273. The highest BCUT2D eigenvalue weighted by Gasteiger charge is 2.24. The van der Waals surface area contributed by atoms with Gasteiger partial charge in [0.2, 0.25) is 5.91 Å². The molecule has 8 heteroatoms. The van der Waals surface area contributed by atoms with Crippen LogP contribution in [0.1, 0.15) is 39.8 Å². The molecule has 1 aliphatic rings. The number of aryl methyl sites for hydroxylation is 1. The van der Waals surface area contributed by atoms with Crippen molar-refractivity contribution in [1.29, 1.82) is 0 Å². The fourth-order valence-electron chi connectivity index (χ4n) is 2.79. The molecule has 3 rings (SSSR count). The summed E-state index contributed by atoms with van der Waals surface area (Å²) in [5.74, 6) is -0.419. The molecular weight excluding hydrogens is 380 g/mol. The van der Waals surface area contributed by atoms with Crippen LogP contribution >= 0.6 is 27.3 Å². The van der Waals surface area contributed by atoms with Crippen molar-refractivity contribution in [3.63, 3.8) is 0 Å². The number of nitrogens with zero attached hydrogens (tertiary/aromatic N) is 2. The number of carbonyl (C=O) groups is 2. The number of aromatic nitrogens is 2. The number of fused-ring (bicyclic) bond motifs is 1. The van der Waals surface area contributed by atoms with Crippen LogP contribution in [0.5, 0.6) is 0 Å². The SMILES string of the molecule is Cn1ncc2c1CCCC2NC(=O)CNC(=O)c1ccc(Br)s1. The Kier molecular flexibility index (Phi) is 4.82. The number of thiophene rings is 1. The third-order valence-electron chi connectivity index (χ3n) is 3.92. The zero-order valence-electron chi connectivity index (χ0n) is 12.6. The van der Waals surface area contributed by atoms with Gasteiger partial charge in [0.1, 0.15) is 0 Å². The highest BCUT2D eigenvalue weighted by atomic mass is 79.9. The minimum absolute atomic E-state index is 0.0206. The Hall–Kier alpha value is -1.67. The van der Waals surface area contributed by atoms with E-state index < -0.39 is 0 Å². The van der Waals surface area contributed by atoms with Crippen molar-refractivity contribution in [1.82, 2.24) is 20.4 Å². The van der Waals surface area contributed by atoms with Gasteiger partial charge in [-0.1, -0.05) is 0 Å². The summed E-state index contributed by atoms with van der Waals surface area (Å²) in [4.78, 5) is 24.6. The van der Waals surface area contributed by atoms with Crippen LogP contribution in [0.2, 0.25) is 0 Å². The van der Waals surface area contributed by atoms with Gasteiger partial charge in [0.05, 0.1) is 27.4 Å². The third-order valence-corrected chi connectivity index (χ3v) is 5.54. The summed E-state index contributed by atoms with van der Waals surface area (Å²) in [6, 6.07) is 3.52. The van der Waals surface area contributed by atoms with Crippen LogP contribution < -0.4 is 10.6 Å². The first-order chi connectivity index (χ1) is 11.0. The van der Waals surface area contributed by atoms with Crippen LogP contribution in [0, 0.1) is 0 Å². The van der Waals surface area contributed by atoms with Gasteiger partial charge in [-0.2, -0.15) is 5.10 Å². The first-order valence-corrected chi connectivity index (χ1v) is 8.99. The predicted octanol–water partition coefficient (Wildman–Crippen LogP) is 2.17. The lowest BCUT2D eigenvalue weighted by Crippen LogP contribution is -2.39. The topological polar surface area (TPSA) is 76.0 Å². The van der Waals surface area contributed by atoms with E-state index in [0.29, 0.717) is 4.88 Å². The number of amides is 2. The molecule has 0 aliphatic heterocycles. The lowest BCUT2D eigenvalue weighted by Gasteiger charge is -2.23. The average molecular weight is 397 g/mol. The van der Waals surface area contributed by atoms with E-state index in [1.165, 1.54) is 17.0 Å². The summed E-state index contributed by atoms with van der Waals surface area (Å²) in [5.41, 5.74) is 2.26. The molecule has 2 aromatic rings. The Labute approximate surface area is 146 Å². The number of rotatable bonds is 4. The smallest absolute Gasteiger partial charge is 0.261 e. The Morgan fingerprint density at radius 2 is 2.30 bits per heavy atom. The van der Waals surface area contributed by atoms with Gasteiger partial charge in [-0.15, -0.1) is 11.3 Å². The van der Waals surface area contributed by atoms with Gasteiger partial charge in [0.25, 0.3) is 5.91 Å². The molecule has 0 aromatic carbocycles. The Bertz CT molecular complexity index is 740. The normalized spacial score (nSPS) is 16.7. The second-order valence-corrected chi connectivity index (χ2v) is 7.93. The van der Waals surface area contributed by atoms with E-state index in [1.54, 1.807) is 6.07 Å². The summed E-state index contributed by atoms with van der Waals surface area (Å²) in [7, 11) is 1.92. The predicted molar refractivity (Wildman–Crippen MR) is 91.4 cm³/mol. The molecule has 23 heavy (non-hydrogen) atoms. The maximum Gasteiger partial charge on any atom is 0.261 e. The zero-order valence-corrected chi connectivity index (χ0v) is 15.0. The van der Waals surface area contributed by atoms with Crippen LogP contribution in [-0.2, 0) is 18.3 Å². The molecule has 2 N–H and O–H groups in total. The molecule has 2 heterocycles. The molecular formula is C15H17BrN4O2S. The van der Waals surface area contributed by atoms with Gasteiger partial charge in [-0.25, -0.2) is 0 Å². The number of hydrogen-bond donors (Lipinski definition) is 2. The van der Waals surface area contributed by atoms with E-state index in [0.717, 1.165) is 28.6 Å². The largest absolute Gasteiger partial charge is 0.348 e. The van der Waals surface area contributed by atoms with E-state index in [4.69, 9.17) is 0 Å². The maximum atomic E-state index is 12.1. The lowest BCUT2D eigenvalue weighted by atomic mass is 9.93. The molecule has 0 bridgehead atoms. The van der Waals surface area contributed by atoms with Crippen molar-refractivity contribution in [2.75, 3.05) is 6.54 Å². The molecule has 1 unspecified atom stereocenters. The second kappa shape index (κ2) is 6.84. The van der Waals surface area contributed by atoms with Crippen molar-refractivity contribution in [3.05, 3.63) is 38.3 Å². The molecule has 0 fully saturated rings. The molecule has 1 atom stereocenters. The minimum atomic E-state index is -0.235. The Morgan fingerprint density at radius 1 is 1.48 bits per heavy atom. The van der Waals surface area contributed by atoms with Crippen LogP contribution in [0.15, 0.2) is 22.1 Å². The van der Waals surface area contributed by atoms with Gasteiger partial charge >= 0.3 is 0 Å². The molecule has 2 amide bonds. The van der Waals surface area contributed by atoms with Gasteiger partial charge in [-0.3, -0.25) is 14.3 Å². The van der Waals surface area contributed by atoms with E-state index in [1.807, 2.05) is 24.0 Å². The summed E-state index contributed by atoms with van der Waals surface area (Å²) in [6.07, 6.45) is 4.73. The molecule has 2 aromatic heterocycles. The number of hydrogen-bond acceptors (Lipinski definition) is 4. The standard InChI is InChI=1S/C15H17BrN4O2S/c1-20-11-4-2-3-10(9(11)7-18-20)19-14(21)8-17-15(22)12-5-6-13(16)23-12/h5-7,10H,2-4,8H2,1H3,(H,17,22)(H,19,21). The fraction of sp³-hybridized carbons (Fsp3) is 0.400. The van der Waals surface area contributed by atoms with Crippen molar-refractivity contribution in [2.45, 2.75) is 25.3 Å². The first-order valence-electron chi connectivity index (χ1n) is 7.38.